The summed E-state index contributed by atoms with van der Waals surface area (Å²) < 4.78 is 0. The van der Waals surface area contributed by atoms with Gasteiger partial charge in [0.15, 0.2) is 0 Å². The van der Waals surface area contributed by atoms with Crippen molar-refractivity contribution in [3.63, 3.8) is 0 Å². The molecule has 5 rings (SSSR count). The fourth-order valence-corrected chi connectivity index (χ4v) is 3.72. The average Bonchev–Trinajstić information content (AvgIpc) is 2.72. The van der Waals surface area contributed by atoms with Crippen LogP contribution in [0.5, 0.6) is 0 Å². The first-order valence-corrected chi connectivity index (χ1v) is 9.15. The average molecular weight is 340 g/mol. The lowest BCUT2D eigenvalue weighted by Gasteiger charge is -2.10. The highest BCUT2D eigenvalue weighted by molar-refractivity contribution is 6.33. The van der Waals surface area contributed by atoms with Crippen LogP contribution in [0.25, 0.3) is 43.8 Å². The largest absolute Gasteiger partial charge is 0.113 e. The molecular formula is C26H17B. The Labute approximate surface area is 160 Å². The van der Waals surface area contributed by atoms with Gasteiger partial charge in [-0.25, -0.2) is 0 Å². The Morgan fingerprint density at radius 3 is 1.30 bits per heavy atom. The number of benzene rings is 5. The highest BCUT2D eigenvalue weighted by Gasteiger charge is 2.06. The van der Waals surface area contributed by atoms with E-state index in [1.807, 2.05) is 0 Å². The maximum Gasteiger partial charge on any atom is 0.113 e. The molecule has 0 amide bonds. The summed E-state index contributed by atoms with van der Waals surface area (Å²) in [5.74, 6) is 0. The number of fused-ring (bicyclic) bond motifs is 2. The van der Waals surface area contributed by atoms with Gasteiger partial charge in [0, 0.05) is 0 Å². The molecule has 0 aromatic heterocycles. The molecule has 0 atom stereocenters. The Morgan fingerprint density at radius 2 is 0.815 bits per heavy atom. The quantitative estimate of drug-likeness (QED) is 0.340. The maximum absolute atomic E-state index is 6.26. The number of hydrogen-bond donors (Lipinski definition) is 0. The van der Waals surface area contributed by atoms with Gasteiger partial charge >= 0.3 is 0 Å². The highest BCUT2D eigenvalue weighted by atomic mass is 14.1. The maximum atomic E-state index is 6.26. The van der Waals surface area contributed by atoms with E-state index in [1.54, 1.807) is 0 Å². The van der Waals surface area contributed by atoms with Crippen LogP contribution in [0.1, 0.15) is 0 Å². The molecule has 5 aromatic carbocycles. The molecule has 0 aliphatic heterocycles. The molecule has 0 bridgehead atoms. The second-order valence-electron chi connectivity index (χ2n) is 6.97. The summed E-state index contributed by atoms with van der Waals surface area (Å²) in [6.45, 7) is 0. The molecule has 2 radical (unpaired) electrons. The van der Waals surface area contributed by atoms with E-state index in [-0.39, 0.29) is 0 Å². The Kier molecular flexibility index (Phi) is 3.80. The van der Waals surface area contributed by atoms with E-state index in [2.05, 4.69) is 103 Å². The zero-order valence-electron chi connectivity index (χ0n) is 14.9. The molecule has 0 fully saturated rings. The van der Waals surface area contributed by atoms with Gasteiger partial charge in [-0.05, 0) is 62.0 Å². The van der Waals surface area contributed by atoms with Crippen LogP contribution >= 0.6 is 0 Å². The molecule has 1 heteroatoms. The van der Waals surface area contributed by atoms with Gasteiger partial charge in [0.2, 0.25) is 0 Å². The Hall–Kier alpha value is -3.32. The Balaban J connectivity index is 1.64. The molecule has 0 spiro atoms. The van der Waals surface area contributed by atoms with Crippen molar-refractivity contribution in [2.24, 2.45) is 0 Å². The zero-order chi connectivity index (χ0) is 18.2. The summed E-state index contributed by atoms with van der Waals surface area (Å²) in [7, 11) is 6.26. The summed E-state index contributed by atoms with van der Waals surface area (Å²) >= 11 is 0. The van der Waals surface area contributed by atoms with Gasteiger partial charge in [0.1, 0.15) is 7.85 Å². The van der Waals surface area contributed by atoms with Gasteiger partial charge in [-0.3, -0.25) is 0 Å². The van der Waals surface area contributed by atoms with E-state index in [0.717, 1.165) is 16.6 Å². The van der Waals surface area contributed by atoms with Crippen molar-refractivity contribution < 1.29 is 0 Å². The summed E-state index contributed by atoms with van der Waals surface area (Å²) in [4.78, 5) is 0. The van der Waals surface area contributed by atoms with Gasteiger partial charge in [0.05, 0.1) is 0 Å². The van der Waals surface area contributed by atoms with E-state index in [9.17, 15) is 0 Å². The van der Waals surface area contributed by atoms with Crippen LogP contribution in [0, 0.1) is 0 Å². The Bertz CT molecular complexity index is 1190. The van der Waals surface area contributed by atoms with Crippen molar-refractivity contribution in [2.75, 3.05) is 0 Å². The van der Waals surface area contributed by atoms with Gasteiger partial charge in [-0.15, -0.1) is 0 Å². The third kappa shape index (κ3) is 3.02. The predicted molar refractivity (Wildman–Crippen MR) is 118 cm³/mol. The second kappa shape index (κ2) is 6.44. The van der Waals surface area contributed by atoms with Crippen LogP contribution in [0.3, 0.4) is 0 Å². The first-order valence-electron chi connectivity index (χ1n) is 9.15. The van der Waals surface area contributed by atoms with Gasteiger partial charge < -0.3 is 0 Å². The standard InChI is InChI=1S/C26H17B/c27-26-16-24(22-11-9-18-5-1-3-7-20(18)13-22)15-25(17-26)23-12-10-19-6-2-4-8-21(19)14-23/h1-17H. The van der Waals surface area contributed by atoms with E-state index < -0.39 is 0 Å². The first-order chi connectivity index (χ1) is 13.3. The molecule has 124 valence electrons. The van der Waals surface area contributed by atoms with Crippen molar-refractivity contribution in [3.8, 4) is 22.3 Å². The second-order valence-corrected chi connectivity index (χ2v) is 6.97. The number of hydrogen-bond acceptors (Lipinski definition) is 0. The van der Waals surface area contributed by atoms with Crippen molar-refractivity contribution in [1.29, 1.82) is 0 Å². The van der Waals surface area contributed by atoms with Crippen LogP contribution in [-0.4, -0.2) is 7.85 Å². The molecule has 5 aromatic rings. The van der Waals surface area contributed by atoms with Gasteiger partial charge in [0.25, 0.3) is 0 Å². The molecular weight excluding hydrogens is 323 g/mol. The van der Waals surface area contributed by atoms with Crippen molar-refractivity contribution in [2.45, 2.75) is 0 Å². The summed E-state index contributed by atoms with van der Waals surface area (Å²) in [5, 5.41) is 4.98. The monoisotopic (exact) mass is 340 g/mol. The molecule has 0 saturated carbocycles. The minimum atomic E-state index is 0.781. The lowest BCUT2D eigenvalue weighted by Crippen LogP contribution is -2.02. The molecule has 0 heterocycles. The fraction of sp³-hybridized carbons (Fsp3) is 0. The van der Waals surface area contributed by atoms with E-state index >= 15 is 0 Å². The molecule has 0 aliphatic rings. The summed E-state index contributed by atoms with van der Waals surface area (Å²) in [6.07, 6.45) is 0. The normalized spacial score (nSPS) is 11.1. The first kappa shape index (κ1) is 15.9. The molecule has 0 unspecified atom stereocenters. The van der Waals surface area contributed by atoms with Crippen molar-refractivity contribution in [1.82, 2.24) is 0 Å². The van der Waals surface area contributed by atoms with Crippen LogP contribution in [0.15, 0.2) is 103 Å². The van der Waals surface area contributed by atoms with Crippen molar-refractivity contribution >= 4 is 34.9 Å². The molecule has 0 N–H and O–H groups in total. The van der Waals surface area contributed by atoms with Crippen LogP contribution in [0.4, 0.5) is 0 Å². The molecule has 27 heavy (non-hydrogen) atoms. The molecule has 0 nitrogen and oxygen atoms in total. The lowest BCUT2D eigenvalue weighted by atomic mass is 9.87. The molecule has 0 aliphatic carbocycles. The highest BCUT2D eigenvalue weighted by Crippen LogP contribution is 2.29. The van der Waals surface area contributed by atoms with E-state index in [0.29, 0.717) is 0 Å². The number of rotatable bonds is 2. The summed E-state index contributed by atoms with van der Waals surface area (Å²) in [6, 6.07) is 36.3. The third-order valence-electron chi connectivity index (χ3n) is 5.12. The van der Waals surface area contributed by atoms with E-state index in [1.165, 1.54) is 32.7 Å². The Morgan fingerprint density at radius 1 is 0.370 bits per heavy atom. The molecule has 0 saturated heterocycles. The zero-order valence-corrected chi connectivity index (χ0v) is 14.9. The van der Waals surface area contributed by atoms with Crippen LogP contribution < -0.4 is 5.46 Å². The summed E-state index contributed by atoms with van der Waals surface area (Å²) in [5.41, 5.74) is 5.43. The lowest BCUT2D eigenvalue weighted by molar-refractivity contribution is 1.63. The van der Waals surface area contributed by atoms with Crippen molar-refractivity contribution in [3.05, 3.63) is 103 Å². The smallest absolute Gasteiger partial charge is 0.0955 e. The van der Waals surface area contributed by atoms with Gasteiger partial charge in [-0.1, -0.05) is 90.4 Å². The van der Waals surface area contributed by atoms with Crippen LogP contribution in [0.2, 0.25) is 0 Å². The van der Waals surface area contributed by atoms with Gasteiger partial charge in [-0.2, -0.15) is 0 Å². The predicted octanol–water partition coefficient (Wildman–Crippen LogP) is 6.12. The minimum Gasteiger partial charge on any atom is -0.0955 e. The third-order valence-corrected chi connectivity index (χ3v) is 5.12. The van der Waals surface area contributed by atoms with Crippen LogP contribution in [-0.2, 0) is 0 Å². The SMILES string of the molecule is [B]c1cc(-c2ccc3ccccc3c2)cc(-c2ccc3ccccc3c2)c1. The topological polar surface area (TPSA) is 0 Å². The fourth-order valence-electron chi connectivity index (χ4n) is 3.72. The van der Waals surface area contributed by atoms with E-state index in [4.69, 9.17) is 7.85 Å². The minimum absolute atomic E-state index is 0.781.